The number of anilines is 1. The molecular formula is C14H22Cl2N2O3. The van der Waals surface area contributed by atoms with E-state index in [1.807, 2.05) is 6.92 Å². The first-order chi connectivity index (χ1) is 9.58. The van der Waals surface area contributed by atoms with E-state index >= 15 is 0 Å². The standard InChI is InChI=1S/C14H21ClN2O3.ClH/c1-3-4-12(16)14(18)17-10-5-6-13(11(15)9-10)20-8-7-19-2;/h5-6,9,12H,3-4,7-8,16H2,1-2H3,(H,17,18);1H. The predicted octanol–water partition coefficient (Wildman–Crippen LogP) is 2.85. The molecule has 0 spiro atoms. The van der Waals surface area contributed by atoms with E-state index < -0.39 is 6.04 Å². The van der Waals surface area contributed by atoms with Crippen molar-refractivity contribution in [2.75, 3.05) is 25.6 Å². The second-order valence-electron chi connectivity index (χ2n) is 4.37. The summed E-state index contributed by atoms with van der Waals surface area (Å²) in [6.07, 6.45) is 1.51. The fourth-order valence-corrected chi connectivity index (χ4v) is 1.84. The van der Waals surface area contributed by atoms with E-state index in [4.69, 9.17) is 26.8 Å². The van der Waals surface area contributed by atoms with Crippen LogP contribution in [0.3, 0.4) is 0 Å². The molecule has 1 aromatic rings. The van der Waals surface area contributed by atoms with E-state index in [1.54, 1.807) is 25.3 Å². The van der Waals surface area contributed by atoms with Crippen molar-refractivity contribution in [3.05, 3.63) is 23.2 Å². The lowest BCUT2D eigenvalue weighted by molar-refractivity contribution is -0.117. The Morgan fingerprint density at radius 3 is 2.71 bits per heavy atom. The van der Waals surface area contributed by atoms with Crippen LogP contribution >= 0.6 is 24.0 Å². The SMILES string of the molecule is CCCC(N)C(=O)Nc1ccc(OCCOC)c(Cl)c1.Cl. The van der Waals surface area contributed by atoms with Gasteiger partial charge in [0.1, 0.15) is 12.4 Å². The number of methoxy groups -OCH3 is 1. The summed E-state index contributed by atoms with van der Waals surface area (Å²) < 4.78 is 10.3. The van der Waals surface area contributed by atoms with Gasteiger partial charge >= 0.3 is 0 Å². The third-order valence-corrected chi connectivity index (χ3v) is 2.98. The topological polar surface area (TPSA) is 73.6 Å². The molecule has 1 atom stereocenters. The van der Waals surface area contributed by atoms with E-state index in [0.717, 1.165) is 6.42 Å². The summed E-state index contributed by atoms with van der Waals surface area (Å²) >= 11 is 6.08. The highest BCUT2D eigenvalue weighted by Gasteiger charge is 2.13. The Kier molecular flexibility index (Phi) is 10.2. The molecule has 120 valence electrons. The predicted molar refractivity (Wildman–Crippen MR) is 87.6 cm³/mol. The molecule has 0 heterocycles. The highest BCUT2D eigenvalue weighted by Crippen LogP contribution is 2.27. The molecule has 0 aliphatic heterocycles. The lowest BCUT2D eigenvalue weighted by atomic mass is 10.1. The van der Waals surface area contributed by atoms with Crippen molar-refractivity contribution in [3.8, 4) is 5.75 Å². The molecule has 0 aliphatic rings. The van der Waals surface area contributed by atoms with E-state index in [2.05, 4.69) is 5.32 Å². The minimum Gasteiger partial charge on any atom is -0.490 e. The Morgan fingerprint density at radius 1 is 1.43 bits per heavy atom. The van der Waals surface area contributed by atoms with Crippen LogP contribution in [0.1, 0.15) is 19.8 Å². The fraction of sp³-hybridized carbons (Fsp3) is 0.500. The van der Waals surface area contributed by atoms with Gasteiger partial charge < -0.3 is 20.5 Å². The number of carbonyl (C=O) groups is 1. The third kappa shape index (κ3) is 7.00. The summed E-state index contributed by atoms with van der Waals surface area (Å²) in [6.45, 7) is 2.89. The number of rotatable bonds is 8. The van der Waals surface area contributed by atoms with Crippen molar-refractivity contribution >= 4 is 35.6 Å². The van der Waals surface area contributed by atoms with E-state index in [9.17, 15) is 4.79 Å². The van der Waals surface area contributed by atoms with E-state index in [1.165, 1.54) is 0 Å². The van der Waals surface area contributed by atoms with Gasteiger partial charge in [-0.3, -0.25) is 4.79 Å². The molecule has 1 amide bonds. The molecule has 1 rings (SSSR count). The number of nitrogens with two attached hydrogens (primary N) is 1. The zero-order chi connectivity index (χ0) is 15.0. The van der Waals surface area contributed by atoms with Crippen molar-refractivity contribution in [1.82, 2.24) is 0 Å². The summed E-state index contributed by atoms with van der Waals surface area (Å²) in [6, 6.07) is 4.57. The summed E-state index contributed by atoms with van der Waals surface area (Å²) in [5.41, 5.74) is 6.34. The summed E-state index contributed by atoms with van der Waals surface area (Å²) in [4.78, 5) is 11.8. The molecule has 0 fully saturated rings. The lowest BCUT2D eigenvalue weighted by Crippen LogP contribution is -2.35. The normalized spacial score (nSPS) is 11.4. The number of hydrogen-bond donors (Lipinski definition) is 2. The first-order valence-electron chi connectivity index (χ1n) is 6.56. The largest absolute Gasteiger partial charge is 0.490 e. The van der Waals surface area contributed by atoms with Crippen molar-refractivity contribution in [2.24, 2.45) is 5.73 Å². The van der Waals surface area contributed by atoms with Crippen LogP contribution in [-0.2, 0) is 9.53 Å². The minimum atomic E-state index is -0.503. The molecule has 5 nitrogen and oxygen atoms in total. The van der Waals surface area contributed by atoms with Crippen molar-refractivity contribution in [2.45, 2.75) is 25.8 Å². The van der Waals surface area contributed by atoms with E-state index in [-0.39, 0.29) is 18.3 Å². The van der Waals surface area contributed by atoms with Crippen molar-refractivity contribution in [1.29, 1.82) is 0 Å². The Hall–Kier alpha value is -1.01. The van der Waals surface area contributed by atoms with Crippen molar-refractivity contribution < 1.29 is 14.3 Å². The summed E-state index contributed by atoms with van der Waals surface area (Å²) in [5.74, 6) is 0.343. The molecule has 0 saturated carbocycles. The first kappa shape index (κ1) is 20.0. The molecule has 0 radical (unpaired) electrons. The molecule has 1 unspecified atom stereocenters. The van der Waals surface area contributed by atoms with Crippen LogP contribution in [-0.4, -0.2) is 32.3 Å². The van der Waals surface area contributed by atoms with Gasteiger partial charge in [0.25, 0.3) is 0 Å². The molecule has 0 aromatic heterocycles. The highest BCUT2D eigenvalue weighted by atomic mass is 35.5. The maximum absolute atomic E-state index is 11.8. The van der Waals surface area contributed by atoms with Crippen LogP contribution in [0.5, 0.6) is 5.75 Å². The Labute approximate surface area is 136 Å². The van der Waals surface area contributed by atoms with Gasteiger partial charge in [0, 0.05) is 12.8 Å². The van der Waals surface area contributed by atoms with Crippen molar-refractivity contribution in [3.63, 3.8) is 0 Å². The molecule has 0 saturated heterocycles. The van der Waals surface area contributed by atoms with Gasteiger partial charge in [0.15, 0.2) is 0 Å². The van der Waals surface area contributed by atoms with Gasteiger partial charge in [-0.05, 0) is 24.6 Å². The van der Waals surface area contributed by atoms with Gasteiger partial charge in [0.05, 0.1) is 17.7 Å². The second kappa shape index (κ2) is 10.7. The molecule has 1 aromatic carbocycles. The Balaban J connectivity index is 0.00000400. The molecule has 7 heteroatoms. The van der Waals surface area contributed by atoms with Crippen LogP contribution in [0.4, 0.5) is 5.69 Å². The number of amides is 1. The summed E-state index contributed by atoms with van der Waals surface area (Å²) in [5, 5.41) is 3.17. The maximum atomic E-state index is 11.8. The lowest BCUT2D eigenvalue weighted by Gasteiger charge is -2.13. The number of carbonyl (C=O) groups excluding carboxylic acids is 1. The van der Waals surface area contributed by atoms with Gasteiger partial charge in [-0.15, -0.1) is 12.4 Å². The highest BCUT2D eigenvalue weighted by molar-refractivity contribution is 6.32. The Bertz CT molecular complexity index is 444. The second-order valence-corrected chi connectivity index (χ2v) is 4.78. The zero-order valence-electron chi connectivity index (χ0n) is 12.2. The number of halogens is 2. The van der Waals surface area contributed by atoms with Crippen LogP contribution in [0.2, 0.25) is 5.02 Å². The number of nitrogens with one attached hydrogen (secondary N) is 1. The molecular weight excluding hydrogens is 315 g/mol. The average molecular weight is 337 g/mol. The molecule has 0 aliphatic carbocycles. The molecule has 21 heavy (non-hydrogen) atoms. The smallest absolute Gasteiger partial charge is 0.241 e. The minimum absolute atomic E-state index is 0. The van der Waals surface area contributed by atoms with Crippen LogP contribution in [0, 0.1) is 0 Å². The maximum Gasteiger partial charge on any atom is 0.241 e. The Morgan fingerprint density at radius 2 is 2.14 bits per heavy atom. The van der Waals surface area contributed by atoms with Crippen LogP contribution < -0.4 is 15.8 Å². The van der Waals surface area contributed by atoms with Gasteiger partial charge in [-0.1, -0.05) is 24.9 Å². The van der Waals surface area contributed by atoms with Gasteiger partial charge in [-0.2, -0.15) is 0 Å². The molecule has 3 N–H and O–H groups in total. The quantitative estimate of drug-likeness (QED) is 0.716. The molecule has 0 bridgehead atoms. The number of ether oxygens (including phenoxy) is 2. The van der Waals surface area contributed by atoms with Crippen LogP contribution in [0.15, 0.2) is 18.2 Å². The van der Waals surface area contributed by atoms with E-state index in [0.29, 0.717) is 36.1 Å². The number of benzene rings is 1. The number of hydrogen-bond acceptors (Lipinski definition) is 4. The van der Waals surface area contributed by atoms with Gasteiger partial charge in [0.2, 0.25) is 5.91 Å². The third-order valence-electron chi connectivity index (χ3n) is 2.68. The van der Waals surface area contributed by atoms with Crippen LogP contribution in [0.25, 0.3) is 0 Å². The summed E-state index contributed by atoms with van der Waals surface area (Å²) in [7, 11) is 1.60. The average Bonchev–Trinajstić information content (AvgIpc) is 2.41. The fourth-order valence-electron chi connectivity index (χ4n) is 1.61. The monoisotopic (exact) mass is 336 g/mol. The van der Waals surface area contributed by atoms with Gasteiger partial charge in [-0.25, -0.2) is 0 Å². The first-order valence-corrected chi connectivity index (χ1v) is 6.94. The zero-order valence-corrected chi connectivity index (χ0v) is 13.8.